The Bertz CT molecular complexity index is 579. The largest absolute Gasteiger partial charge is 0.573 e. The zero-order chi connectivity index (χ0) is 14.8. The fourth-order valence-electron chi connectivity index (χ4n) is 1.13. The molecule has 11 heteroatoms. The van der Waals surface area contributed by atoms with Crippen LogP contribution in [0, 0.1) is 10.1 Å². The van der Waals surface area contributed by atoms with E-state index >= 15 is 0 Å². The monoisotopic (exact) mass is 282 g/mol. The van der Waals surface area contributed by atoms with Gasteiger partial charge in [-0.1, -0.05) is 0 Å². The van der Waals surface area contributed by atoms with Gasteiger partial charge in [0, 0.05) is 6.20 Å². The molecule has 8 nitrogen and oxygen atoms in total. The fourth-order valence-corrected chi connectivity index (χ4v) is 1.13. The molecule has 0 fully saturated rings. The summed E-state index contributed by atoms with van der Waals surface area (Å²) in [6.07, 6.45) is -4.82. The number of methoxy groups -OCH3 is 1. The van der Waals surface area contributed by atoms with Crippen LogP contribution in [-0.2, 0) is 4.74 Å². The van der Waals surface area contributed by atoms with Crippen LogP contribution >= 0.6 is 0 Å². The van der Waals surface area contributed by atoms with Crippen molar-refractivity contribution in [1.29, 1.82) is 0 Å². The van der Waals surface area contributed by atoms with Crippen LogP contribution in [0.5, 0.6) is 5.75 Å². The van der Waals surface area contributed by atoms with Gasteiger partial charge in [-0.2, -0.15) is 0 Å². The summed E-state index contributed by atoms with van der Waals surface area (Å²) in [5, 5.41) is 10.6. The van der Waals surface area contributed by atoms with Crippen LogP contribution in [0.2, 0.25) is 0 Å². The van der Waals surface area contributed by atoms with Crippen molar-refractivity contribution in [2.24, 2.45) is 0 Å². The van der Waals surface area contributed by atoms with Gasteiger partial charge in [-0.15, -0.1) is 13.2 Å². The van der Waals surface area contributed by atoms with E-state index in [9.17, 15) is 32.9 Å². The molecule has 0 spiro atoms. The molecule has 1 rings (SSSR count). The number of ether oxygens (including phenoxy) is 2. The van der Waals surface area contributed by atoms with E-state index in [1.807, 2.05) is 4.98 Å². The first kappa shape index (κ1) is 14.5. The number of pyridine rings is 1. The van der Waals surface area contributed by atoms with Gasteiger partial charge in [0.05, 0.1) is 12.0 Å². The van der Waals surface area contributed by atoms with Crippen LogP contribution in [0.4, 0.5) is 18.9 Å². The summed E-state index contributed by atoms with van der Waals surface area (Å²) in [4.78, 5) is 33.7. The van der Waals surface area contributed by atoms with Crippen LogP contribution in [0.1, 0.15) is 10.5 Å². The second kappa shape index (κ2) is 4.96. The van der Waals surface area contributed by atoms with Crippen LogP contribution in [-0.4, -0.2) is 29.3 Å². The van der Waals surface area contributed by atoms with E-state index in [4.69, 9.17) is 0 Å². The van der Waals surface area contributed by atoms with Crippen molar-refractivity contribution in [3.63, 3.8) is 0 Å². The molecule has 104 valence electrons. The molecule has 0 amide bonds. The Morgan fingerprint density at radius 2 is 2.05 bits per heavy atom. The van der Waals surface area contributed by atoms with Crippen molar-refractivity contribution in [2.45, 2.75) is 6.36 Å². The van der Waals surface area contributed by atoms with E-state index in [0.29, 0.717) is 6.20 Å². The number of nitrogens with one attached hydrogen (secondary N) is 1. The Morgan fingerprint density at radius 3 is 2.47 bits per heavy atom. The topological polar surface area (TPSA) is 112 Å². The molecule has 0 aliphatic carbocycles. The average Bonchev–Trinajstić information content (AvgIpc) is 2.28. The number of hydrogen-bond acceptors (Lipinski definition) is 6. The van der Waals surface area contributed by atoms with Crippen molar-refractivity contribution in [2.75, 3.05) is 7.11 Å². The van der Waals surface area contributed by atoms with Crippen LogP contribution in [0.15, 0.2) is 11.0 Å². The predicted molar refractivity (Wildman–Crippen MR) is 51.7 cm³/mol. The molecule has 19 heavy (non-hydrogen) atoms. The maximum atomic E-state index is 11.9. The zero-order valence-electron chi connectivity index (χ0n) is 9.11. The number of aromatic amines is 1. The first-order chi connectivity index (χ1) is 8.67. The number of carbonyl (C=O) groups excluding carboxylic acids is 1. The number of rotatable bonds is 3. The number of H-pyrrole nitrogens is 1. The van der Waals surface area contributed by atoms with Gasteiger partial charge in [0.2, 0.25) is 5.69 Å². The molecule has 0 saturated heterocycles. The van der Waals surface area contributed by atoms with Gasteiger partial charge >= 0.3 is 23.4 Å². The predicted octanol–water partition coefficient (Wildman–Crippen LogP) is 0.968. The Labute approximate surface area is 101 Å². The van der Waals surface area contributed by atoms with Gasteiger partial charge in [-0.05, 0) is 0 Å². The summed E-state index contributed by atoms with van der Waals surface area (Å²) in [6.45, 7) is 0. The van der Waals surface area contributed by atoms with E-state index in [1.165, 1.54) is 0 Å². The molecular weight excluding hydrogens is 277 g/mol. The molecule has 1 N–H and O–H groups in total. The molecule has 0 atom stereocenters. The summed E-state index contributed by atoms with van der Waals surface area (Å²) in [5.74, 6) is -2.63. The number of carbonyl (C=O) groups is 1. The Morgan fingerprint density at radius 1 is 1.47 bits per heavy atom. The van der Waals surface area contributed by atoms with Gasteiger partial charge in [0.1, 0.15) is 0 Å². The van der Waals surface area contributed by atoms with E-state index in [1.54, 1.807) is 0 Å². The maximum Gasteiger partial charge on any atom is 0.573 e. The molecule has 0 aromatic carbocycles. The SMILES string of the molecule is COC(=O)c1[nH]cc(OC(F)(F)F)c(=O)c1[N+](=O)[O-]. The lowest BCUT2D eigenvalue weighted by Crippen LogP contribution is -2.25. The van der Waals surface area contributed by atoms with Gasteiger partial charge in [0.15, 0.2) is 5.75 Å². The van der Waals surface area contributed by atoms with Crippen LogP contribution < -0.4 is 10.2 Å². The normalized spacial score (nSPS) is 10.9. The highest BCUT2D eigenvalue weighted by molar-refractivity contribution is 5.91. The number of hydrogen-bond donors (Lipinski definition) is 1. The number of nitro groups is 1. The zero-order valence-corrected chi connectivity index (χ0v) is 9.11. The molecule has 0 aliphatic rings. The Kier molecular flexibility index (Phi) is 3.77. The van der Waals surface area contributed by atoms with Crippen molar-refractivity contribution in [3.8, 4) is 5.75 Å². The second-order valence-corrected chi connectivity index (χ2v) is 3.00. The number of aromatic nitrogens is 1. The standard InChI is InChI=1S/C8H5F3N2O6/c1-18-7(15)4-5(13(16)17)6(14)3(2-12-4)19-8(9,10)11/h2H,1H3,(H,12,14). The quantitative estimate of drug-likeness (QED) is 0.502. The lowest BCUT2D eigenvalue weighted by molar-refractivity contribution is -0.386. The molecule has 0 bridgehead atoms. The lowest BCUT2D eigenvalue weighted by Gasteiger charge is -2.08. The van der Waals surface area contributed by atoms with Crippen molar-refractivity contribution < 1.29 is 32.4 Å². The minimum absolute atomic E-state index is 0.384. The third kappa shape index (κ3) is 3.20. The highest BCUT2D eigenvalue weighted by atomic mass is 19.4. The number of nitrogens with zero attached hydrogens (tertiary/aromatic N) is 1. The van der Waals surface area contributed by atoms with Gasteiger partial charge in [-0.25, -0.2) is 4.79 Å². The Hall–Kier alpha value is -2.59. The summed E-state index contributed by atoms with van der Waals surface area (Å²) >= 11 is 0. The summed E-state index contributed by atoms with van der Waals surface area (Å²) in [6, 6.07) is 0. The Balaban J connectivity index is 3.44. The summed E-state index contributed by atoms with van der Waals surface area (Å²) < 4.78 is 43.3. The highest BCUT2D eigenvalue weighted by Crippen LogP contribution is 2.22. The van der Waals surface area contributed by atoms with E-state index in [-0.39, 0.29) is 0 Å². The molecule has 0 aliphatic heterocycles. The lowest BCUT2D eigenvalue weighted by atomic mass is 10.3. The number of esters is 1. The van der Waals surface area contributed by atoms with Crippen LogP contribution in [0.3, 0.4) is 0 Å². The van der Waals surface area contributed by atoms with Crippen molar-refractivity contribution in [3.05, 3.63) is 32.2 Å². The smallest absolute Gasteiger partial charge is 0.464 e. The average molecular weight is 282 g/mol. The maximum absolute atomic E-state index is 11.9. The minimum atomic E-state index is -5.20. The minimum Gasteiger partial charge on any atom is -0.464 e. The number of halogens is 3. The van der Waals surface area contributed by atoms with Crippen molar-refractivity contribution in [1.82, 2.24) is 4.98 Å². The van der Waals surface area contributed by atoms with Crippen molar-refractivity contribution >= 4 is 11.7 Å². The summed E-state index contributed by atoms with van der Waals surface area (Å²) in [5.41, 5.74) is -3.97. The third-order valence-corrected chi connectivity index (χ3v) is 1.82. The first-order valence-corrected chi connectivity index (χ1v) is 4.41. The molecule has 1 heterocycles. The summed E-state index contributed by atoms with van der Waals surface area (Å²) in [7, 11) is 0.879. The van der Waals surface area contributed by atoms with Gasteiger partial charge in [-0.3, -0.25) is 14.9 Å². The molecule has 1 aromatic rings. The van der Waals surface area contributed by atoms with Crippen LogP contribution in [0.25, 0.3) is 0 Å². The number of alkyl halides is 3. The molecule has 0 saturated carbocycles. The van der Waals surface area contributed by atoms with Gasteiger partial charge < -0.3 is 14.5 Å². The fraction of sp³-hybridized carbons (Fsp3) is 0.250. The molecule has 1 aromatic heterocycles. The third-order valence-electron chi connectivity index (χ3n) is 1.82. The highest BCUT2D eigenvalue weighted by Gasteiger charge is 2.35. The molecule has 0 radical (unpaired) electrons. The molecule has 0 unspecified atom stereocenters. The second-order valence-electron chi connectivity index (χ2n) is 3.00. The van der Waals surface area contributed by atoms with E-state index in [2.05, 4.69) is 9.47 Å². The first-order valence-electron chi connectivity index (χ1n) is 4.41. The molecular formula is C8H5F3N2O6. The van der Waals surface area contributed by atoms with Gasteiger partial charge in [0.25, 0.3) is 0 Å². The van der Waals surface area contributed by atoms with E-state index < -0.39 is 39.8 Å². The van der Waals surface area contributed by atoms with E-state index in [0.717, 1.165) is 7.11 Å².